The lowest BCUT2D eigenvalue weighted by Crippen LogP contribution is -2.30. The minimum absolute atomic E-state index is 0.310. The molecule has 0 N–H and O–H groups in total. The second-order valence-corrected chi connectivity index (χ2v) is 5.15. The van der Waals surface area contributed by atoms with Crippen LogP contribution in [0.15, 0.2) is 24.5 Å². The summed E-state index contributed by atoms with van der Waals surface area (Å²) < 4.78 is 1.85. The molecule has 0 unspecified atom stereocenters. The minimum atomic E-state index is -0.475. The number of aromatic nitrogens is 2. The number of aryl methyl sites for hydroxylation is 3. The summed E-state index contributed by atoms with van der Waals surface area (Å²) in [5.41, 5.74) is 3.14. The molecule has 1 amide bonds. The third-order valence-electron chi connectivity index (χ3n) is 3.62. The van der Waals surface area contributed by atoms with E-state index in [4.69, 9.17) is 0 Å². The summed E-state index contributed by atoms with van der Waals surface area (Å²) >= 11 is 0. The first-order valence-corrected chi connectivity index (χ1v) is 6.42. The lowest BCUT2D eigenvalue weighted by atomic mass is 10.0. The molecule has 3 rings (SSSR count). The second kappa shape index (κ2) is 4.30. The number of amides is 1. The Hall–Kier alpha value is -2.43. The van der Waals surface area contributed by atoms with Gasteiger partial charge in [-0.15, -0.1) is 0 Å². The molecular formula is C15H15N3O2. The molecule has 0 spiro atoms. The maximum Gasteiger partial charge on any atom is 0.299 e. The van der Waals surface area contributed by atoms with E-state index >= 15 is 0 Å². The van der Waals surface area contributed by atoms with Gasteiger partial charge in [-0.25, -0.2) is 4.98 Å². The van der Waals surface area contributed by atoms with Crippen LogP contribution in [0.3, 0.4) is 0 Å². The van der Waals surface area contributed by atoms with Gasteiger partial charge in [-0.05, 0) is 31.0 Å². The standard InChI is InChI=1S/C15H15N3O2/c1-9-6-10(2)13-11(7-9)14(19)15(20)18(13)8-12-16-4-5-17(12)3/h4-7H,8H2,1-3H3. The number of nitrogens with zero attached hydrogens (tertiary/aromatic N) is 3. The zero-order valence-electron chi connectivity index (χ0n) is 11.7. The van der Waals surface area contributed by atoms with Crippen LogP contribution in [-0.2, 0) is 18.4 Å². The van der Waals surface area contributed by atoms with E-state index in [-0.39, 0.29) is 0 Å². The molecule has 0 aliphatic carbocycles. The number of hydrogen-bond acceptors (Lipinski definition) is 3. The maximum atomic E-state index is 12.2. The number of hydrogen-bond donors (Lipinski definition) is 0. The predicted molar refractivity (Wildman–Crippen MR) is 74.6 cm³/mol. The number of imidazole rings is 1. The van der Waals surface area contributed by atoms with E-state index in [1.807, 2.05) is 37.7 Å². The van der Waals surface area contributed by atoms with Crippen molar-refractivity contribution >= 4 is 17.4 Å². The Morgan fingerprint density at radius 3 is 2.60 bits per heavy atom. The molecule has 1 aromatic carbocycles. The van der Waals surface area contributed by atoms with Gasteiger partial charge in [0.15, 0.2) is 0 Å². The van der Waals surface area contributed by atoms with Gasteiger partial charge in [0, 0.05) is 19.4 Å². The first-order chi connectivity index (χ1) is 9.49. The molecule has 5 nitrogen and oxygen atoms in total. The van der Waals surface area contributed by atoms with Gasteiger partial charge in [0.1, 0.15) is 5.82 Å². The lowest BCUT2D eigenvalue weighted by molar-refractivity contribution is -0.114. The largest absolute Gasteiger partial charge is 0.337 e. The summed E-state index contributed by atoms with van der Waals surface area (Å²) in [6.45, 7) is 4.15. The van der Waals surface area contributed by atoms with Crippen molar-refractivity contribution in [3.8, 4) is 0 Å². The number of carbonyl (C=O) groups excluding carboxylic acids is 2. The molecule has 1 aromatic heterocycles. The summed E-state index contributed by atoms with van der Waals surface area (Å²) in [4.78, 5) is 30.0. The second-order valence-electron chi connectivity index (χ2n) is 5.15. The fourth-order valence-electron chi connectivity index (χ4n) is 2.67. The molecule has 0 radical (unpaired) electrons. The van der Waals surface area contributed by atoms with E-state index in [0.29, 0.717) is 17.8 Å². The van der Waals surface area contributed by atoms with Crippen molar-refractivity contribution in [2.75, 3.05) is 4.90 Å². The molecule has 1 aliphatic rings. The highest BCUT2D eigenvalue weighted by Gasteiger charge is 2.37. The van der Waals surface area contributed by atoms with Crippen molar-refractivity contribution in [1.29, 1.82) is 0 Å². The zero-order chi connectivity index (χ0) is 14.4. The van der Waals surface area contributed by atoms with Crippen LogP contribution >= 0.6 is 0 Å². The number of ketones is 1. The van der Waals surface area contributed by atoms with E-state index in [1.165, 1.54) is 4.90 Å². The molecular weight excluding hydrogens is 254 g/mol. The summed E-state index contributed by atoms with van der Waals surface area (Å²) in [6.07, 6.45) is 3.50. The minimum Gasteiger partial charge on any atom is -0.337 e. The maximum absolute atomic E-state index is 12.2. The normalized spacial score (nSPS) is 14.1. The molecule has 102 valence electrons. The molecule has 2 heterocycles. The van der Waals surface area contributed by atoms with E-state index in [9.17, 15) is 9.59 Å². The Bertz CT molecular complexity index is 731. The highest BCUT2D eigenvalue weighted by molar-refractivity contribution is 6.52. The Kier molecular flexibility index (Phi) is 2.71. The van der Waals surface area contributed by atoms with Crippen molar-refractivity contribution in [1.82, 2.24) is 9.55 Å². The van der Waals surface area contributed by atoms with Gasteiger partial charge in [0.05, 0.1) is 17.8 Å². The van der Waals surface area contributed by atoms with Crippen molar-refractivity contribution in [3.63, 3.8) is 0 Å². The van der Waals surface area contributed by atoms with Crippen LogP contribution < -0.4 is 4.90 Å². The third kappa shape index (κ3) is 1.74. The molecule has 0 saturated heterocycles. The number of benzene rings is 1. The summed E-state index contributed by atoms with van der Waals surface area (Å²) in [7, 11) is 1.87. The summed E-state index contributed by atoms with van der Waals surface area (Å²) in [5, 5.41) is 0. The zero-order valence-corrected chi connectivity index (χ0v) is 11.7. The SMILES string of the molecule is Cc1cc(C)c2c(c1)C(=O)C(=O)N2Cc1nccn1C. The highest BCUT2D eigenvalue weighted by atomic mass is 16.2. The third-order valence-corrected chi connectivity index (χ3v) is 3.62. The van der Waals surface area contributed by atoms with Crippen molar-refractivity contribution in [2.24, 2.45) is 7.05 Å². The first kappa shape index (κ1) is 12.6. The topological polar surface area (TPSA) is 55.2 Å². The van der Waals surface area contributed by atoms with E-state index in [1.54, 1.807) is 12.3 Å². The highest BCUT2D eigenvalue weighted by Crippen LogP contribution is 2.34. The molecule has 5 heteroatoms. The Morgan fingerprint density at radius 2 is 1.95 bits per heavy atom. The van der Waals surface area contributed by atoms with Gasteiger partial charge in [0.2, 0.25) is 0 Å². The molecule has 1 aliphatic heterocycles. The lowest BCUT2D eigenvalue weighted by Gasteiger charge is -2.18. The first-order valence-electron chi connectivity index (χ1n) is 6.42. The fourth-order valence-corrected chi connectivity index (χ4v) is 2.67. The molecule has 0 fully saturated rings. The molecule has 0 atom stereocenters. The summed E-state index contributed by atoms with van der Waals surface area (Å²) in [5.74, 6) is -0.156. The summed E-state index contributed by atoms with van der Waals surface area (Å²) in [6, 6.07) is 3.76. The van der Waals surface area contributed by atoms with Crippen LogP contribution in [0.2, 0.25) is 0 Å². The monoisotopic (exact) mass is 269 g/mol. The van der Waals surface area contributed by atoms with Crippen LogP contribution in [0.25, 0.3) is 0 Å². The quantitative estimate of drug-likeness (QED) is 0.781. The number of fused-ring (bicyclic) bond motifs is 1. The van der Waals surface area contributed by atoms with Gasteiger partial charge in [0.25, 0.3) is 11.7 Å². The predicted octanol–water partition coefficient (Wildman–Crippen LogP) is 1.77. The van der Waals surface area contributed by atoms with Gasteiger partial charge < -0.3 is 4.57 Å². The average molecular weight is 269 g/mol. The molecule has 0 bridgehead atoms. The number of Topliss-reactive ketones (excluding diaryl/α,β-unsaturated/α-hetero) is 1. The van der Waals surface area contributed by atoms with Crippen LogP contribution in [0.5, 0.6) is 0 Å². The van der Waals surface area contributed by atoms with Crippen LogP contribution in [-0.4, -0.2) is 21.2 Å². The Balaban J connectivity index is 2.09. The smallest absolute Gasteiger partial charge is 0.299 e. The molecule has 0 saturated carbocycles. The van der Waals surface area contributed by atoms with Gasteiger partial charge in [-0.3, -0.25) is 14.5 Å². The van der Waals surface area contributed by atoms with Gasteiger partial charge >= 0.3 is 0 Å². The van der Waals surface area contributed by atoms with Crippen molar-refractivity contribution in [3.05, 3.63) is 47.0 Å². The van der Waals surface area contributed by atoms with Crippen molar-refractivity contribution < 1.29 is 9.59 Å². The number of anilines is 1. The van der Waals surface area contributed by atoms with Crippen molar-refractivity contribution in [2.45, 2.75) is 20.4 Å². The average Bonchev–Trinajstić information content (AvgIpc) is 2.88. The Morgan fingerprint density at radius 1 is 1.20 bits per heavy atom. The Labute approximate surface area is 116 Å². The van der Waals surface area contributed by atoms with E-state index < -0.39 is 11.7 Å². The number of rotatable bonds is 2. The van der Waals surface area contributed by atoms with Crippen LogP contribution in [0, 0.1) is 13.8 Å². The van der Waals surface area contributed by atoms with Crippen LogP contribution in [0.1, 0.15) is 27.3 Å². The van der Waals surface area contributed by atoms with E-state index in [0.717, 1.165) is 17.0 Å². The van der Waals surface area contributed by atoms with Crippen LogP contribution in [0.4, 0.5) is 5.69 Å². The van der Waals surface area contributed by atoms with Gasteiger partial charge in [-0.2, -0.15) is 0 Å². The molecule has 2 aromatic rings. The van der Waals surface area contributed by atoms with E-state index in [2.05, 4.69) is 4.98 Å². The van der Waals surface area contributed by atoms with Gasteiger partial charge in [-0.1, -0.05) is 6.07 Å². The number of carbonyl (C=O) groups is 2. The fraction of sp³-hybridized carbons (Fsp3) is 0.267. The molecule has 20 heavy (non-hydrogen) atoms.